The molecule has 0 bridgehead atoms. The fraction of sp³-hybridized carbons (Fsp3) is 0.333. The highest BCUT2D eigenvalue weighted by atomic mass is 32.1. The predicted molar refractivity (Wildman–Crippen MR) is 89.1 cm³/mol. The fourth-order valence-electron chi connectivity index (χ4n) is 1.94. The Hall–Kier alpha value is -2.69. The average Bonchev–Trinajstić information content (AvgIpc) is 2.88. The first-order valence-electron chi connectivity index (χ1n) is 7.20. The lowest BCUT2D eigenvalue weighted by molar-refractivity contribution is -0.384. The minimum Gasteiger partial charge on any atom is -0.444 e. The van der Waals surface area contributed by atoms with E-state index in [-0.39, 0.29) is 28.5 Å². The van der Waals surface area contributed by atoms with E-state index < -0.39 is 33.4 Å². The summed E-state index contributed by atoms with van der Waals surface area (Å²) in [5, 5.41) is 12.8. The normalized spacial score (nSPS) is 11.9. The van der Waals surface area contributed by atoms with Gasteiger partial charge in [0.05, 0.1) is 10.6 Å². The summed E-state index contributed by atoms with van der Waals surface area (Å²) >= 11 is 0.169. The van der Waals surface area contributed by atoms with Gasteiger partial charge in [-0.15, -0.1) is 0 Å². The number of carbonyl (C=O) groups excluding carboxylic acids is 1. The van der Waals surface area contributed by atoms with Crippen LogP contribution < -0.4 is 5.32 Å². The second-order valence-corrected chi connectivity index (χ2v) is 6.94. The molecule has 0 saturated carbocycles. The molecule has 0 aliphatic heterocycles. The average molecular weight is 389 g/mol. The van der Waals surface area contributed by atoms with Crippen LogP contribution >= 0.6 is 11.5 Å². The Balaban J connectivity index is 2.45. The Morgan fingerprint density at radius 1 is 1.23 bits per heavy atom. The predicted octanol–water partition coefficient (Wildman–Crippen LogP) is 5.08. The summed E-state index contributed by atoms with van der Waals surface area (Å²) in [7, 11) is 0. The number of alkyl halides is 3. The molecule has 140 valence electrons. The molecule has 0 atom stereocenters. The first kappa shape index (κ1) is 19.6. The van der Waals surface area contributed by atoms with Crippen LogP contribution in [0.15, 0.2) is 24.3 Å². The molecule has 0 spiro atoms. The van der Waals surface area contributed by atoms with E-state index in [1.54, 1.807) is 20.8 Å². The smallest absolute Gasteiger partial charge is 0.429 e. The van der Waals surface area contributed by atoms with Gasteiger partial charge in [0, 0.05) is 17.7 Å². The molecule has 1 heterocycles. The van der Waals surface area contributed by atoms with Crippen molar-refractivity contribution in [1.29, 1.82) is 0 Å². The molecule has 0 fully saturated rings. The van der Waals surface area contributed by atoms with Crippen LogP contribution in [-0.2, 0) is 10.9 Å². The number of hydrogen-bond acceptors (Lipinski definition) is 6. The number of nitro benzene ring substituents is 1. The Morgan fingerprint density at radius 2 is 1.81 bits per heavy atom. The van der Waals surface area contributed by atoms with Gasteiger partial charge in [-0.05, 0) is 44.4 Å². The third-order valence-corrected chi connectivity index (χ3v) is 3.82. The summed E-state index contributed by atoms with van der Waals surface area (Å²) < 4.78 is 48.4. The zero-order chi connectivity index (χ0) is 19.7. The van der Waals surface area contributed by atoms with Gasteiger partial charge < -0.3 is 4.74 Å². The second kappa shape index (κ2) is 6.90. The quantitative estimate of drug-likeness (QED) is 0.583. The summed E-state index contributed by atoms with van der Waals surface area (Å²) in [6, 6.07) is 4.79. The van der Waals surface area contributed by atoms with Gasteiger partial charge in [0.2, 0.25) is 0 Å². The van der Waals surface area contributed by atoms with Crippen molar-refractivity contribution >= 4 is 29.0 Å². The molecule has 26 heavy (non-hydrogen) atoms. The van der Waals surface area contributed by atoms with Crippen molar-refractivity contribution in [3.63, 3.8) is 0 Å². The Labute approximate surface area is 150 Å². The molecule has 2 aromatic rings. The molecule has 7 nitrogen and oxygen atoms in total. The number of nitro groups is 1. The standard InChI is InChI=1S/C15H14F3N3O4S/c1-14(2,3)25-13(22)19-11-10(20-26-12(11)15(16,17)18)8-4-6-9(7-5-8)21(23)24/h4-7H,1-3H3,(H,19,22). The lowest BCUT2D eigenvalue weighted by Gasteiger charge is -2.20. The van der Waals surface area contributed by atoms with Gasteiger partial charge in [0.1, 0.15) is 11.3 Å². The number of halogens is 3. The number of non-ortho nitro benzene ring substituents is 1. The Bertz CT molecular complexity index is 826. The van der Waals surface area contributed by atoms with Crippen LogP contribution in [0.1, 0.15) is 25.6 Å². The van der Waals surface area contributed by atoms with Gasteiger partial charge in [0.25, 0.3) is 5.69 Å². The van der Waals surface area contributed by atoms with Crippen LogP contribution in [0.4, 0.5) is 29.3 Å². The molecule has 0 aliphatic carbocycles. The summed E-state index contributed by atoms with van der Waals surface area (Å²) in [5.41, 5.74) is -1.64. The van der Waals surface area contributed by atoms with Gasteiger partial charge >= 0.3 is 12.3 Å². The van der Waals surface area contributed by atoms with E-state index in [1.807, 2.05) is 0 Å². The van der Waals surface area contributed by atoms with Crippen LogP contribution in [0.3, 0.4) is 0 Å². The number of anilines is 1. The largest absolute Gasteiger partial charge is 0.444 e. The van der Waals surface area contributed by atoms with E-state index in [2.05, 4.69) is 9.69 Å². The Kier molecular flexibility index (Phi) is 5.21. The first-order chi connectivity index (χ1) is 11.9. The van der Waals surface area contributed by atoms with Gasteiger partial charge in [-0.3, -0.25) is 15.4 Å². The van der Waals surface area contributed by atoms with Gasteiger partial charge in [0.15, 0.2) is 4.88 Å². The van der Waals surface area contributed by atoms with E-state index in [1.165, 1.54) is 12.1 Å². The maximum atomic E-state index is 13.2. The van der Waals surface area contributed by atoms with Gasteiger partial charge in [-0.2, -0.15) is 17.5 Å². The second-order valence-electron chi connectivity index (χ2n) is 6.16. The lowest BCUT2D eigenvalue weighted by atomic mass is 10.1. The van der Waals surface area contributed by atoms with E-state index in [0.29, 0.717) is 0 Å². The molecule has 11 heteroatoms. The summed E-state index contributed by atoms with van der Waals surface area (Å²) in [6.45, 7) is 4.71. The molecule has 1 N–H and O–H groups in total. The monoisotopic (exact) mass is 389 g/mol. The molecule has 1 aromatic heterocycles. The highest BCUT2D eigenvalue weighted by Gasteiger charge is 2.39. The SMILES string of the molecule is CC(C)(C)OC(=O)Nc1c(-c2ccc([N+](=O)[O-])cc2)nsc1C(F)(F)F. The van der Waals surface area contributed by atoms with Crippen LogP contribution in [0.2, 0.25) is 0 Å². The molecule has 0 radical (unpaired) electrons. The molecular weight excluding hydrogens is 375 g/mol. The maximum absolute atomic E-state index is 13.2. The first-order valence-corrected chi connectivity index (χ1v) is 7.97. The maximum Gasteiger partial charge on any atom is 0.429 e. The molecule has 1 amide bonds. The lowest BCUT2D eigenvalue weighted by Crippen LogP contribution is -2.27. The number of nitrogens with zero attached hydrogens (tertiary/aromatic N) is 2. The summed E-state index contributed by atoms with van der Waals surface area (Å²) in [4.78, 5) is 20.9. The number of rotatable bonds is 3. The highest BCUT2D eigenvalue weighted by Crippen LogP contribution is 2.43. The number of aromatic nitrogens is 1. The summed E-state index contributed by atoms with van der Waals surface area (Å²) in [5.74, 6) is 0. The number of nitrogens with one attached hydrogen (secondary N) is 1. The van der Waals surface area contributed by atoms with E-state index >= 15 is 0 Å². The molecule has 1 aromatic carbocycles. The minimum atomic E-state index is -4.74. The van der Waals surface area contributed by atoms with Crippen molar-refractivity contribution in [3.8, 4) is 11.3 Å². The van der Waals surface area contributed by atoms with Gasteiger partial charge in [-0.25, -0.2) is 4.79 Å². The van der Waals surface area contributed by atoms with Gasteiger partial charge in [-0.1, -0.05) is 0 Å². The number of amides is 1. The number of benzene rings is 1. The number of carbonyl (C=O) groups is 1. The summed E-state index contributed by atoms with van der Waals surface area (Å²) in [6.07, 6.45) is -5.80. The minimum absolute atomic E-state index is 0.150. The third kappa shape index (κ3) is 4.69. The molecule has 0 saturated heterocycles. The van der Waals surface area contributed by atoms with Crippen LogP contribution in [0, 0.1) is 10.1 Å². The molecular formula is C15H14F3N3O4S. The fourth-order valence-corrected chi connectivity index (χ4v) is 2.67. The van der Waals surface area contributed by atoms with Crippen LogP contribution in [0.5, 0.6) is 0 Å². The number of hydrogen-bond donors (Lipinski definition) is 1. The molecule has 2 rings (SSSR count). The van der Waals surface area contributed by atoms with Crippen molar-refractivity contribution < 1.29 is 27.6 Å². The number of ether oxygens (including phenoxy) is 1. The van der Waals surface area contributed by atoms with Crippen LogP contribution in [-0.4, -0.2) is 21.0 Å². The van der Waals surface area contributed by atoms with Crippen molar-refractivity contribution in [1.82, 2.24) is 4.37 Å². The van der Waals surface area contributed by atoms with E-state index in [0.717, 1.165) is 12.1 Å². The molecule has 0 aliphatic rings. The third-order valence-electron chi connectivity index (χ3n) is 2.93. The topological polar surface area (TPSA) is 94.4 Å². The van der Waals surface area contributed by atoms with Crippen molar-refractivity contribution in [2.45, 2.75) is 32.5 Å². The van der Waals surface area contributed by atoms with Crippen LogP contribution in [0.25, 0.3) is 11.3 Å². The van der Waals surface area contributed by atoms with E-state index in [4.69, 9.17) is 4.74 Å². The van der Waals surface area contributed by atoms with E-state index in [9.17, 15) is 28.1 Å². The highest BCUT2D eigenvalue weighted by molar-refractivity contribution is 7.06. The van der Waals surface area contributed by atoms with Crippen molar-refractivity contribution in [3.05, 3.63) is 39.3 Å². The Morgan fingerprint density at radius 3 is 2.27 bits per heavy atom. The van der Waals surface area contributed by atoms with Crippen molar-refractivity contribution in [2.24, 2.45) is 0 Å². The van der Waals surface area contributed by atoms with Crippen molar-refractivity contribution in [2.75, 3.05) is 5.32 Å². The zero-order valence-electron chi connectivity index (χ0n) is 13.9. The molecule has 0 unspecified atom stereocenters. The zero-order valence-corrected chi connectivity index (χ0v) is 14.7.